The smallest absolute Gasteiger partial charge is 0.202 e. The number of imidazole rings is 1. The Hall–Kier alpha value is -2.24. The standard InChI is InChI=1S/C16H16N4S/c1-11-7-9-12(10-8-11)14-15(13-5-3-2-4-6-13)20(17)16(19-14)21-18/h2-10H,17-18H2,1H3. The SMILES string of the molecule is Cc1ccc(-c2nc(SN)n(N)c2-c2ccccc2)cc1. The molecule has 4 N–H and O–H groups in total. The summed E-state index contributed by atoms with van der Waals surface area (Å²) >= 11 is 1.05. The maximum absolute atomic E-state index is 6.17. The van der Waals surface area contributed by atoms with E-state index in [2.05, 4.69) is 36.2 Å². The Bertz CT molecular complexity index is 748. The van der Waals surface area contributed by atoms with E-state index in [9.17, 15) is 0 Å². The van der Waals surface area contributed by atoms with E-state index in [1.165, 1.54) is 5.56 Å². The summed E-state index contributed by atoms with van der Waals surface area (Å²) in [6.45, 7) is 2.06. The third-order valence-electron chi connectivity index (χ3n) is 3.36. The summed E-state index contributed by atoms with van der Waals surface area (Å²) in [7, 11) is 0. The van der Waals surface area contributed by atoms with Crippen LogP contribution in [0.25, 0.3) is 22.5 Å². The average molecular weight is 296 g/mol. The maximum atomic E-state index is 6.17. The van der Waals surface area contributed by atoms with E-state index in [0.717, 1.165) is 34.5 Å². The van der Waals surface area contributed by atoms with Crippen LogP contribution in [0.5, 0.6) is 0 Å². The van der Waals surface area contributed by atoms with Crippen molar-refractivity contribution in [1.29, 1.82) is 0 Å². The molecule has 0 aliphatic heterocycles. The second-order valence-electron chi connectivity index (χ2n) is 4.81. The van der Waals surface area contributed by atoms with Crippen LogP contribution in [0.2, 0.25) is 0 Å². The molecule has 3 rings (SSSR count). The van der Waals surface area contributed by atoms with Crippen LogP contribution in [0.4, 0.5) is 0 Å². The summed E-state index contributed by atoms with van der Waals surface area (Å²) in [5.41, 5.74) is 4.96. The molecule has 0 aliphatic rings. The van der Waals surface area contributed by atoms with Crippen molar-refractivity contribution < 1.29 is 0 Å². The van der Waals surface area contributed by atoms with Crippen molar-refractivity contribution in [2.45, 2.75) is 12.1 Å². The fraction of sp³-hybridized carbons (Fsp3) is 0.0625. The van der Waals surface area contributed by atoms with Gasteiger partial charge in [-0.1, -0.05) is 60.2 Å². The highest BCUT2D eigenvalue weighted by Gasteiger charge is 2.18. The van der Waals surface area contributed by atoms with Crippen molar-refractivity contribution in [2.75, 3.05) is 5.84 Å². The Morgan fingerprint density at radius 2 is 1.62 bits per heavy atom. The number of aromatic nitrogens is 2. The number of nitrogens with two attached hydrogens (primary N) is 2. The highest BCUT2D eigenvalue weighted by Crippen LogP contribution is 2.33. The summed E-state index contributed by atoms with van der Waals surface area (Å²) in [6.07, 6.45) is 0. The highest BCUT2D eigenvalue weighted by atomic mass is 32.2. The molecule has 0 saturated carbocycles. The van der Waals surface area contributed by atoms with Gasteiger partial charge in [0.05, 0.1) is 11.4 Å². The highest BCUT2D eigenvalue weighted by molar-refractivity contribution is 7.96. The number of aryl methyl sites for hydroxylation is 1. The number of nitrogens with zero attached hydrogens (tertiary/aromatic N) is 2. The van der Waals surface area contributed by atoms with Gasteiger partial charge in [-0.3, -0.25) is 5.14 Å². The lowest BCUT2D eigenvalue weighted by Gasteiger charge is -2.07. The minimum absolute atomic E-state index is 0.587. The lowest BCUT2D eigenvalue weighted by molar-refractivity contribution is 0.858. The quantitative estimate of drug-likeness (QED) is 0.575. The molecule has 3 aromatic rings. The first kappa shape index (κ1) is 13.7. The molecule has 2 aromatic carbocycles. The number of benzene rings is 2. The first-order chi connectivity index (χ1) is 10.2. The molecule has 0 atom stereocenters. The molecule has 0 amide bonds. The number of hydrogen-bond acceptors (Lipinski definition) is 4. The van der Waals surface area contributed by atoms with Crippen molar-refractivity contribution in [3.63, 3.8) is 0 Å². The molecule has 0 bridgehead atoms. The Labute approximate surface area is 127 Å². The van der Waals surface area contributed by atoms with Crippen molar-refractivity contribution >= 4 is 11.9 Å². The molecule has 1 aromatic heterocycles. The summed E-state index contributed by atoms with van der Waals surface area (Å²) < 4.78 is 1.55. The van der Waals surface area contributed by atoms with E-state index >= 15 is 0 Å². The molecule has 106 valence electrons. The summed E-state index contributed by atoms with van der Waals surface area (Å²) in [5.74, 6) is 6.17. The van der Waals surface area contributed by atoms with Crippen molar-refractivity contribution in [1.82, 2.24) is 9.66 Å². The van der Waals surface area contributed by atoms with E-state index in [0.29, 0.717) is 5.16 Å². The fourth-order valence-corrected chi connectivity index (χ4v) is 2.63. The minimum atomic E-state index is 0.587. The Kier molecular flexibility index (Phi) is 3.68. The lowest BCUT2D eigenvalue weighted by Crippen LogP contribution is -2.12. The van der Waals surface area contributed by atoms with Gasteiger partial charge in [0.25, 0.3) is 0 Å². The molecular formula is C16H16N4S. The zero-order chi connectivity index (χ0) is 14.8. The topological polar surface area (TPSA) is 69.9 Å². The van der Waals surface area contributed by atoms with Gasteiger partial charge in [0, 0.05) is 11.1 Å². The zero-order valence-electron chi connectivity index (χ0n) is 11.7. The first-order valence-corrected chi connectivity index (χ1v) is 7.45. The average Bonchev–Trinajstić information content (AvgIpc) is 2.85. The normalized spacial score (nSPS) is 10.8. The second kappa shape index (κ2) is 5.63. The molecule has 0 aliphatic carbocycles. The van der Waals surface area contributed by atoms with Gasteiger partial charge in [-0.15, -0.1) is 0 Å². The molecule has 4 nitrogen and oxygen atoms in total. The van der Waals surface area contributed by atoms with Crippen molar-refractivity contribution in [3.05, 3.63) is 60.2 Å². The van der Waals surface area contributed by atoms with Gasteiger partial charge in [-0.05, 0) is 18.9 Å². The van der Waals surface area contributed by atoms with Gasteiger partial charge in [0.15, 0.2) is 0 Å². The largest absolute Gasteiger partial charge is 0.337 e. The maximum Gasteiger partial charge on any atom is 0.202 e. The summed E-state index contributed by atoms with van der Waals surface area (Å²) in [5, 5.41) is 6.25. The first-order valence-electron chi connectivity index (χ1n) is 6.57. The molecule has 0 unspecified atom stereocenters. The Morgan fingerprint density at radius 1 is 0.952 bits per heavy atom. The molecule has 0 spiro atoms. The van der Waals surface area contributed by atoms with Gasteiger partial charge >= 0.3 is 0 Å². The van der Waals surface area contributed by atoms with E-state index in [-0.39, 0.29) is 0 Å². The van der Waals surface area contributed by atoms with Crippen LogP contribution in [-0.4, -0.2) is 9.66 Å². The second-order valence-corrected chi connectivity index (χ2v) is 5.41. The van der Waals surface area contributed by atoms with Crippen LogP contribution >= 0.6 is 11.9 Å². The molecule has 0 saturated heterocycles. The molecular weight excluding hydrogens is 280 g/mol. The molecule has 1 heterocycles. The predicted molar refractivity (Wildman–Crippen MR) is 88.0 cm³/mol. The van der Waals surface area contributed by atoms with Crippen molar-refractivity contribution in [3.8, 4) is 22.5 Å². The number of rotatable bonds is 3. The number of nitrogen functional groups attached to an aromatic ring is 1. The third kappa shape index (κ3) is 2.53. The molecule has 0 fully saturated rings. The minimum Gasteiger partial charge on any atom is -0.337 e. The van der Waals surface area contributed by atoms with Gasteiger partial charge < -0.3 is 5.84 Å². The Morgan fingerprint density at radius 3 is 2.24 bits per heavy atom. The van der Waals surface area contributed by atoms with Crippen LogP contribution in [0.1, 0.15) is 5.56 Å². The van der Waals surface area contributed by atoms with Crippen molar-refractivity contribution in [2.24, 2.45) is 5.14 Å². The Balaban J connectivity index is 2.22. The molecule has 5 heteroatoms. The lowest BCUT2D eigenvalue weighted by atomic mass is 10.0. The molecule has 21 heavy (non-hydrogen) atoms. The van der Waals surface area contributed by atoms with Gasteiger partial charge in [0.1, 0.15) is 0 Å². The molecule has 0 radical (unpaired) electrons. The third-order valence-corrected chi connectivity index (χ3v) is 3.86. The van der Waals surface area contributed by atoms with Gasteiger partial charge in [-0.2, -0.15) is 0 Å². The zero-order valence-corrected chi connectivity index (χ0v) is 12.5. The van der Waals surface area contributed by atoms with Gasteiger partial charge in [0.2, 0.25) is 5.16 Å². The van der Waals surface area contributed by atoms with Gasteiger partial charge in [-0.25, -0.2) is 9.66 Å². The van der Waals surface area contributed by atoms with Crippen LogP contribution in [-0.2, 0) is 0 Å². The van der Waals surface area contributed by atoms with E-state index in [1.54, 1.807) is 4.68 Å². The summed E-state index contributed by atoms with van der Waals surface area (Å²) in [6, 6.07) is 18.2. The summed E-state index contributed by atoms with van der Waals surface area (Å²) in [4.78, 5) is 4.58. The van der Waals surface area contributed by atoms with E-state index in [1.807, 2.05) is 30.3 Å². The van der Waals surface area contributed by atoms with Crippen LogP contribution in [0.3, 0.4) is 0 Å². The van der Waals surface area contributed by atoms with Crippen LogP contribution in [0.15, 0.2) is 59.8 Å². The number of hydrogen-bond donors (Lipinski definition) is 2. The monoisotopic (exact) mass is 296 g/mol. The van der Waals surface area contributed by atoms with Crippen LogP contribution < -0.4 is 11.0 Å². The fourth-order valence-electron chi connectivity index (χ4n) is 2.28. The predicted octanol–water partition coefficient (Wildman–Crippen LogP) is 3.21. The van der Waals surface area contributed by atoms with Crippen LogP contribution in [0, 0.1) is 6.92 Å². The van der Waals surface area contributed by atoms with E-state index in [4.69, 9.17) is 11.0 Å². The van der Waals surface area contributed by atoms with E-state index < -0.39 is 0 Å².